The minimum absolute atomic E-state index is 0.00526. The maximum atomic E-state index is 12.8. The highest BCUT2D eigenvalue weighted by Crippen LogP contribution is 2.36. The molecule has 1 N–H and O–H groups in total. The van der Waals surface area contributed by atoms with E-state index in [1.165, 1.54) is 11.1 Å². The number of ether oxygens (including phenoxy) is 2. The van der Waals surface area contributed by atoms with Crippen LogP contribution in [-0.2, 0) is 16.0 Å². The van der Waals surface area contributed by atoms with E-state index in [9.17, 15) is 9.59 Å². The van der Waals surface area contributed by atoms with Crippen LogP contribution in [0.4, 0.5) is 5.69 Å². The van der Waals surface area contributed by atoms with Crippen molar-refractivity contribution in [1.82, 2.24) is 4.90 Å². The summed E-state index contributed by atoms with van der Waals surface area (Å²) in [6, 6.07) is 13.9. The summed E-state index contributed by atoms with van der Waals surface area (Å²) in [6.45, 7) is 1.50. The predicted molar refractivity (Wildman–Crippen MR) is 113 cm³/mol. The fraction of sp³-hybridized carbons (Fsp3) is 0.417. The SMILES string of the molecule is O=C(Nc1ccc2c(c1)OCO2)C1CCN(C(=O)CC2CCc3ccccc32)CC1. The molecule has 30 heavy (non-hydrogen) atoms. The van der Waals surface area contributed by atoms with Crippen LogP contribution >= 0.6 is 0 Å². The highest BCUT2D eigenvalue weighted by molar-refractivity contribution is 5.93. The van der Waals surface area contributed by atoms with Gasteiger partial charge in [-0.1, -0.05) is 24.3 Å². The Kier molecular flexibility index (Phi) is 5.07. The van der Waals surface area contributed by atoms with Gasteiger partial charge in [0, 0.05) is 37.2 Å². The fourth-order valence-electron chi connectivity index (χ4n) is 4.81. The number of rotatable bonds is 4. The number of benzene rings is 2. The smallest absolute Gasteiger partial charge is 0.231 e. The van der Waals surface area contributed by atoms with Gasteiger partial charge in [-0.15, -0.1) is 0 Å². The predicted octanol–water partition coefficient (Wildman–Crippen LogP) is 3.71. The number of anilines is 1. The molecule has 156 valence electrons. The lowest BCUT2D eigenvalue weighted by atomic mass is 9.93. The minimum Gasteiger partial charge on any atom is -0.454 e. The van der Waals surface area contributed by atoms with Gasteiger partial charge in [0.15, 0.2) is 11.5 Å². The van der Waals surface area contributed by atoms with E-state index >= 15 is 0 Å². The summed E-state index contributed by atoms with van der Waals surface area (Å²) >= 11 is 0. The number of piperidine rings is 1. The molecule has 1 unspecified atom stereocenters. The molecule has 0 aromatic heterocycles. The van der Waals surface area contributed by atoms with E-state index in [1.807, 2.05) is 11.0 Å². The van der Waals surface area contributed by atoms with Crippen LogP contribution in [0.1, 0.15) is 42.7 Å². The standard InChI is InChI=1S/C24H26N2O4/c27-23(13-18-6-5-16-3-1-2-4-20(16)18)26-11-9-17(10-12-26)24(28)25-19-7-8-21-22(14-19)30-15-29-21/h1-4,7-8,14,17-18H,5-6,9-13,15H2,(H,25,28). The molecular formula is C24H26N2O4. The first-order chi connectivity index (χ1) is 14.7. The molecule has 2 aliphatic heterocycles. The molecule has 1 aliphatic carbocycles. The Morgan fingerprint density at radius 3 is 2.67 bits per heavy atom. The van der Waals surface area contributed by atoms with Gasteiger partial charge in [-0.25, -0.2) is 0 Å². The van der Waals surface area contributed by atoms with E-state index in [1.54, 1.807) is 12.1 Å². The molecule has 1 atom stereocenters. The van der Waals surface area contributed by atoms with Crippen LogP contribution in [0.5, 0.6) is 11.5 Å². The van der Waals surface area contributed by atoms with Crippen molar-refractivity contribution in [3.8, 4) is 11.5 Å². The zero-order chi connectivity index (χ0) is 20.5. The molecule has 5 rings (SSSR count). The van der Waals surface area contributed by atoms with Gasteiger partial charge in [0.05, 0.1) is 0 Å². The average molecular weight is 406 g/mol. The van der Waals surface area contributed by atoms with Crippen LogP contribution in [0.3, 0.4) is 0 Å². The van der Waals surface area contributed by atoms with Crippen molar-refractivity contribution in [2.75, 3.05) is 25.2 Å². The van der Waals surface area contributed by atoms with E-state index in [4.69, 9.17) is 9.47 Å². The van der Waals surface area contributed by atoms with Crippen LogP contribution in [-0.4, -0.2) is 36.6 Å². The maximum absolute atomic E-state index is 12.8. The lowest BCUT2D eigenvalue weighted by Crippen LogP contribution is -2.41. The zero-order valence-corrected chi connectivity index (χ0v) is 16.9. The minimum atomic E-state index is -0.0771. The van der Waals surface area contributed by atoms with E-state index in [-0.39, 0.29) is 24.5 Å². The van der Waals surface area contributed by atoms with Crippen molar-refractivity contribution in [2.45, 2.75) is 38.0 Å². The molecule has 2 aromatic carbocycles. The van der Waals surface area contributed by atoms with Gasteiger partial charge in [-0.05, 0) is 54.9 Å². The van der Waals surface area contributed by atoms with Gasteiger partial charge in [-0.3, -0.25) is 9.59 Å². The van der Waals surface area contributed by atoms with E-state index in [2.05, 4.69) is 29.6 Å². The number of nitrogens with one attached hydrogen (secondary N) is 1. The van der Waals surface area contributed by atoms with E-state index < -0.39 is 0 Å². The molecule has 2 aromatic rings. The Labute approximate surface area is 176 Å². The quantitative estimate of drug-likeness (QED) is 0.841. The topological polar surface area (TPSA) is 67.9 Å². The Morgan fingerprint density at radius 2 is 1.80 bits per heavy atom. The Morgan fingerprint density at radius 1 is 1.00 bits per heavy atom. The van der Waals surface area contributed by atoms with E-state index in [0.29, 0.717) is 55.5 Å². The Balaban J connectivity index is 1.13. The number of nitrogens with zero attached hydrogens (tertiary/aromatic N) is 1. The van der Waals surface area contributed by atoms with Crippen LogP contribution in [0.2, 0.25) is 0 Å². The lowest BCUT2D eigenvalue weighted by Gasteiger charge is -2.32. The van der Waals surface area contributed by atoms with Crippen molar-refractivity contribution in [3.05, 3.63) is 53.6 Å². The summed E-state index contributed by atoms with van der Waals surface area (Å²) in [6.07, 6.45) is 4.09. The maximum Gasteiger partial charge on any atom is 0.231 e. The molecule has 1 saturated heterocycles. The van der Waals surface area contributed by atoms with Crippen LogP contribution in [0.25, 0.3) is 0 Å². The lowest BCUT2D eigenvalue weighted by molar-refractivity contribution is -0.134. The van der Waals surface area contributed by atoms with Gasteiger partial charge in [-0.2, -0.15) is 0 Å². The number of fused-ring (bicyclic) bond motifs is 2. The van der Waals surface area contributed by atoms with Gasteiger partial charge >= 0.3 is 0 Å². The molecule has 0 spiro atoms. The molecule has 6 nitrogen and oxygen atoms in total. The summed E-state index contributed by atoms with van der Waals surface area (Å²) in [5.41, 5.74) is 3.43. The number of hydrogen-bond acceptors (Lipinski definition) is 4. The van der Waals surface area contributed by atoms with E-state index in [0.717, 1.165) is 12.8 Å². The Bertz CT molecular complexity index is 965. The average Bonchev–Trinajstić information content (AvgIpc) is 3.40. The normalized spacial score (nSPS) is 20.1. The second kappa shape index (κ2) is 8.01. The molecule has 0 radical (unpaired) electrons. The first-order valence-electron chi connectivity index (χ1n) is 10.7. The third-order valence-corrected chi connectivity index (χ3v) is 6.54. The third kappa shape index (κ3) is 3.74. The van der Waals surface area contributed by atoms with Crippen LogP contribution in [0, 0.1) is 5.92 Å². The Hall–Kier alpha value is -3.02. The third-order valence-electron chi connectivity index (χ3n) is 6.54. The van der Waals surface area contributed by atoms with Gasteiger partial charge in [0.25, 0.3) is 0 Å². The van der Waals surface area contributed by atoms with Crippen molar-refractivity contribution >= 4 is 17.5 Å². The number of likely N-dealkylation sites (tertiary alicyclic amines) is 1. The van der Waals surface area contributed by atoms with Crippen LogP contribution in [0.15, 0.2) is 42.5 Å². The summed E-state index contributed by atoms with van der Waals surface area (Å²) in [5, 5.41) is 2.98. The number of amides is 2. The molecule has 1 fully saturated rings. The second-order valence-electron chi connectivity index (χ2n) is 8.35. The largest absolute Gasteiger partial charge is 0.454 e. The van der Waals surface area contributed by atoms with Gasteiger partial charge < -0.3 is 19.7 Å². The summed E-state index contributed by atoms with van der Waals surface area (Å²) < 4.78 is 10.7. The molecule has 0 bridgehead atoms. The monoisotopic (exact) mass is 406 g/mol. The first kappa shape index (κ1) is 19.0. The highest BCUT2D eigenvalue weighted by atomic mass is 16.7. The summed E-state index contributed by atoms with van der Waals surface area (Å²) in [5.74, 6) is 1.83. The fourth-order valence-corrected chi connectivity index (χ4v) is 4.81. The molecule has 2 amide bonds. The second-order valence-corrected chi connectivity index (χ2v) is 8.35. The van der Waals surface area contributed by atoms with Crippen molar-refractivity contribution in [3.63, 3.8) is 0 Å². The van der Waals surface area contributed by atoms with Gasteiger partial charge in [0.1, 0.15) is 0 Å². The number of aryl methyl sites for hydroxylation is 1. The highest BCUT2D eigenvalue weighted by Gasteiger charge is 2.30. The number of carbonyl (C=O) groups excluding carboxylic acids is 2. The summed E-state index contributed by atoms with van der Waals surface area (Å²) in [4.78, 5) is 27.4. The van der Waals surface area contributed by atoms with Gasteiger partial charge in [0.2, 0.25) is 18.6 Å². The molecule has 6 heteroatoms. The zero-order valence-electron chi connectivity index (χ0n) is 16.9. The first-order valence-corrected chi connectivity index (χ1v) is 10.7. The molecular weight excluding hydrogens is 380 g/mol. The van der Waals surface area contributed by atoms with Crippen molar-refractivity contribution < 1.29 is 19.1 Å². The number of hydrogen-bond donors (Lipinski definition) is 1. The number of carbonyl (C=O) groups is 2. The van der Waals surface area contributed by atoms with Crippen molar-refractivity contribution in [1.29, 1.82) is 0 Å². The summed E-state index contributed by atoms with van der Waals surface area (Å²) in [7, 11) is 0. The molecule has 3 aliphatic rings. The molecule has 0 saturated carbocycles. The van der Waals surface area contributed by atoms with Crippen LogP contribution < -0.4 is 14.8 Å². The molecule has 2 heterocycles. The van der Waals surface area contributed by atoms with Crippen molar-refractivity contribution in [2.24, 2.45) is 5.92 Å².